The van der Waals surface area contributed by atoms with Gasteiger partial charge in [0.05, 0.1) is 0 Å². The quantitative estimate of drug-likeness (QED) is 0.892. The summed E-state index contributed by atoms with van der Waals surface area (Å²) in [7, 11) is 0. The van der Waals surface area contributed by atoms with Gasteiger partial charge in [0, 0.05) is 24.8 Å². The normalized spacial score (nSPS) is 21.9. The molecule has 0 bridgehead atoms. The average Bonchev–Trinajstić information content (AvgIpc) is 3.11. The van der Waals surface area contributed by atoms with E-state index in [0.717, 1.165) is 25.3 Å². The van der Waals surface area contributed by atoms with Crippen LogP contribution in [0.4, 0.5) is 0 Å². The van der Waals surface area contributed by atoms with Gasteiger partial charge in [-0.15, -0.1) is 0 Å². The van der Waals surface area contributed by atoms with Crippen LogP contribution in [0, 0.1) is 12.8 Å². The summed E-state index contributed by atoms with van der Waals surface area (Å²) < 4.78 is 0. The van der Waals surface area contributed by atoms with Gasteiger partial charge in [-0.25, -0.2) is 4.98 Å². The van der Waals surface area contributed by atoms with Gasteiger partial charge in [0.25, 0.3) is 5.91 Å². The number of hydrogen-bond donors (Lipinski definition) is 1. The third-order valence-corrected chi connectivity index (χ3v) is 4.17. The van der Waals surface area contributed by atoms with Crippen molar-refractivity contribution < 1.29 is 4.79 Å². The lowest BCUT2D eigenvalue weighted by Gasteiger charge is -2.25. The third-order valence-electron chi connectivity index (χ3n) is 4.17. The smallest absolute Gasteiger partial charge is 0.272 e. The number of aromatic nitrogens is 1. The number of aryl methyl sites for hydroxylation is 1. The van der Waals surface area contributed by atoms with E-state index in [2.05, 4.69) is 10.3 Å². The van der Waals surface area contributed by atoms with Crippen molar-refractivity contribution in [2.24, 2.45) is 5.92 Å². The first-order valence-corrected chi connectivity index (χ1v) is 7.68. The fourth-order valence-corrected chi connectivity index (χ4v) is 2.86. The molecule has 108 valence electrons. The molecule has 2 fully saturated rings. The maximum absolute atomic E-state index is 12.7. The van der Waals surface area contributed by atoms with Gasteiger partial charge in [-0.1, -0.05) is 6.07 Å². The van der Waals surface area contributed by atoms with Crippen LogP contribution in [0.1, 0.15) is 41.9 Å². The Bertz CT molecular complexity index is 478. The summed E-state index contributed by atoms with van der Waals surface area (Å²) in [6.45, 7) is 4.73. The standard InChI is InChI=1S/C16H23N3O/c1-12-4-2-6-15(18-12)16(20)19(10-13-7-8-13)11-14-5-3-9-17-14/h2,4,6,13-14,17H,3,5,7-11H2,1H3. The largest absolute Gasteiger partial charge is 0.335 e. The number of pyridine rings is 1. The summed E-state index contributed by atoms with van der Waals surface area (Å²) in [5.74, 6) is 0.805. The van der Waals surface area contributed by atoms with E-state index >= 15 is 0 Å². The highest BCUT2D eigenvalue weighted by atomic mass is 16.2. The Morgan fingerprint density at radius 3 is 2.85 bits per heavy atom. The van der Waals surface area contributed by atoms with Gasteiger partial charge in [0.2, 0.25) is 0 Å². The Morgan fingerprint density at radius 2 is 2.20 bits per heavy atom. The average molecular weight is 273 g/mol. The van der Waals surface area contributed by atoms with Crippen molar-refractivity contribution >= 4 is 5.91 Å². The van der Waals surface area contributed by atoms with Crippen molar-refractivity contribution in [3.05, 3.63) is 29.6 Å². The predicted molar refractivity (Wildman–Crippen MR) is 78.6 cm³/mol. The van der Waals surface area contributed by atoms with Crippen LogP contribution in [-0.2, 0) is 0 Å². The van der Waals surface area contributed by atoms with Gasteiger partial charge in [0.15, 0.2) is 0 Å². The van der Waals surface area contributed by atoms with Gasteiger partial charge >= 0.3 is 0 Å². The molecule has 1 atom stereocenters. The highest BCUT2D eigenvalue weighted by Crippen LogP contribution is 2.30. The summed E-state index contributed by atoms with van der Waals surface area (Å²) in [5.41, 5.74) is 1.49. The highest BCUT2D eigenvalue weighted by molar-refractivity contribution is 5.92. The molecule has 1 aliphatic carbocycles. The number of nitrogens with one attached hydrogen (secondary N) is 1. The summed E-state index contributed by atoms with van der Waals surface area (Å²) in [4.78, 5) is 19.1. The molecular weight excluding hydrogens is 250 g/mol. The van der Waals surface area contributed by atoms with Crippen LogP contribution >= 0.6 is 0 Å². The maximum Gasteiger partial charge on any atom is 0.272 e. The fraction of sp³-hybridized carbons (Fsp3) is 0.625. The molecule has 4 heteroatoms. The van der Waals surface area contributed by atoms with Crippen molar-refractivity contribution in [1.82, 2.24) is 15.2 Å². The van der Waals surface area contributed by atoms with Crippen molar-refractivity contribution in [1.29, 1.82) is 0 Å². The van der Waals surface area contributed by atoms with Gasteiger partial charge < -0.3 is 10.2 Å². The molecule has 1 amide bonds. The SMILES string of the molecule is Cc1cccc(C(=O)N(CC2CC2)CC2CCCN2)n1. The Morgan fingerprint density at radius 1 is 1.35 bits per heavy atom. The van der Waals surface area contributed by atoms with Crippen LogP contribution in [0.2, 0.25) is 0 Å². The molecule has 1 saturated heterocycles. The van der Waals surface area contributed by atoms with Gasteiger partial charge in [0.1, 0.15) is 5.69 Å². The molecule has 0 radical (unpaired) electrons. The Hall–Kier alpha value is -1.42. The molecule has 2 aliphatic rings. The molecule has 2 heterocycles. The Labute approximate surface area is 120 Å². The third kappa shape index (κ3) is 3.37. The highest BCUT2D eigenvalue weighted by Gasteiger charge is 2.29. The second-order valence-corrected chi connectivity index (χ2v) is 6.11. The first-order chi connectivity index (χ1) is 9.72. The monoisotopic (exact) mass is 273 g/mol. The number of amides is 1. The summed E-state index contributed by atoms with van der Waals surface area (Å²) in [5, 5.41) is 3.48. The molecule has 1 N–H and O–H groups in total. The van der Waals surface area contributed by atoms with Crippen molar-refractivity contribution in [2.45, 2.75) is 38.6 Å². The van der Waals surface area contributed by atoms with Crippen LogP contribution in [-0.4, -0.2) is 41.5 Å². The van der Waals surface area contributed by atoms with E-state index in [-0.39, 0.29) is 5.91 Å². The van der Waals surface area contributed by atoms with E-state index < -0.39 is 0 Å². The fourth-order valence-electron chi connectivity index (χ4n) is 2.86. The van der Waals surface area contributed by atoms with Gasteiger partial charge in [-0.05, 0) is 57.2 Å². The lowest BCUT2D eigenvalue weighted by Crippen LogP contribution is -2.42. The zero-order valence-corrected chi connectivity index (χ0v) is 12.1. The van der Waals surface area contributed by atoms with E-state index in [9.17, 15) is 4.79 Å². The molecule has 1 aromatic rings. The van der Waals surface area contributed by atoms with E-state index in [1.54, 1.807) is 0 Å². The summed E-state index contributed by atoms with van der Waals surface area (Å²) >= 11 is 0. The summed E-state index contributed by atoms with van der Waals surface area (Å²) in [6.07, 6.45) is 4.93. The minimum Gasteiger partial charge on any atom is -0.335 e. The second-order valence-electron chi connectivity index (χ2n) is 6.11. The predicted octanol–water partition coefficient (Wildman–Crippen LogP) is 1.99. The number of nitrogens with zero attached hydrogens (tertiary/aromatic N) is 2. The minimum atomic E-state index is 0.0919. The molecule has 3 rings (SSSR count). The molecule has 1 saturated carbocycles. The number of carbonyl (C=O) groups is 1. The van der Waals surface area contributed by atoms with Crippen LogP contribution in [0.3, 0.4) is 0 Å². The Balaban J connectivity index is 1.71. The lowest BCUT2D eigenvalue weighted by molar-refractivity contribution is 0.0727. The first kappa shape index (κ1) is 13.6. The second kappa shape index (κ2) is 5.92. The topological polar surface area (TPSA) is 45.2 Å². The molecule has 20 heavy (non-hydrogen) atoms. The van der Waals surface area contributed by atoms with Crippen LogP contribution in [0.5, 0.6) is 0 Å². The van der Waals surface area contributed by atoms with Crippen LogP contribution in [0.15, 0.2) is 18.2 Å². The minimum absolute atomic E-state index is 0.0919. The summed E-state index contributed by atoms with van der Waals surface area (Å²) in [6, 6.07) is 6.14. The number of rotatable bonds is 5. The first-order valence-electron chi connectivity index (χ1n) is 7.68. The maximum atomic E-state index is 12.7. The van der Waals surface area contributed by atoms with Gasteiger partial charge in [-0.2, -0.15) is 0 Å². The number of carbonyl (C=O) groups excluding carboxylic acids is 1. The molecule has 0 spiro atoms. The van der Waals surface area contributed by atoms with Gasteiger partial charge in [-0.3, -0.25) is 4.79 Å². The molecule has 1 unspecified atom stereocenters. The lowest BCUT2D eigenvalue weighted by atomic mass is 10.2. The molecule has 1 aromatic heterocycles. The van der Waals surface area contributed by atoms with E-state index in [1.165, 1.54) is 25.7 Å². The zero-order valence-electron chi connectivity index (χ0n) is 12.1. The van der Waals surface area contributed by atoms with E-state index in [0.29, 0.717) is 17.7 Å². The van der Waals surface area contributed by atoms with E-state index in [4.69, 9.17) is 0 Å². The Kier molecular flexibility index (Phi) is 4.01. The number of hydrogen-bond acceptors (Lipinski definition) is 3. The molecule has 1 aliphatic heterocycles. The molecule has 4 nitrogen and oxygen atoms in total. The van der Waals surface area contributed by atoms with Crippen molar-refractivity contribution in [3.8, 4) is 0 Å². The van der Waals surface area contributed by atoms with Crippen LogP contribution < -0.4 is 5.32 Å². The van der Waals surface area contributed by atoms with Crippen molar-refractivity contribution in [2.75, 3.05) is 19.6 Å². The van der Waals surface area contributed by atoms with E-state index in [1.807, 2.05) is 30.0 Å². The molecular formula is C16H23N3O. The zero-order chi connectivity index (χ0) is 13.9. The van der Waals surface area contributed by atoms with Crippen LogP contribution in [0.25, 0.3) is 0 Å². The molecule has 0 aromatic carbocycles. The van der Waals surface area contributed by atoms with Crippen molar-refractivity contribution in [3.63, 3.8) is 0 Å².